The highest BCUT2D eigenvalue weighted by Crippen LogP contribution is 2.53. The molecule has 87 heavy (non-hydrogen) atoms. The Morgan fingerprint density at radius 2 is 0.494 bits per heavy atom. The molecule has 1 aliphatic rings. The summed E-state index contributed by atoms with van der Waals surface area (Å²) in [6.07, 6.45) is 4.85. The van der Waals surface area contributed by atoms with E-state index in [2.05, 4.69) is 265 Å². The third kappa shape index (κ3) is 38.0. The molecule has 0 nitrogen and oxygen atoms in total. The minimum atomic E-state index is 0.0858. The molecular weight excluding hydrogens is 1040 g/mol. The molecule has 1 unspecified atom stereocenters. The number of benzene rings is 9. The van der Waals surface area contributed by atoms with Crippen molar-refractivity contribution in [3.8, 4) is 11.1 Å². The first kappa shape index (κ1) is 88.7. The zero-order valence-corrected chi connectivity index (χ0v) is 60.5. The molecule has 1 fully saturated rings. The molecule has 0 spiro atoms. The summed E-state index contributed by atoms with van der Waals surface area (Å²) in [7, 11) is 0. The Morgan fingerprint density at radius 1 is 0.287 bits per heavy atom. The molecule has 0 saturated heterocycles. The van der Waals surface area contributed by atoms with Crippen LogP contribution in [0.2, 0.25) is 0 Å². The van der Waals surface area contributed by atoms with E-state index in [1.165, 1.54) is 63.8 Å². The van der Waals surface area contributed by atoms with Crippen molar-refractivity contribution < 1.29 is 0 Å². The molecule has 0 heteroatoms. The fourth-order valence-corrected chi connectivity index (χ4v) is 9.64. The van der Waals surface area contributed by atoms with Gasteiger partial charge < -0.3 is 0 Å². The fraction of sp³-hybridized carbons (Fsp3) is 0.379. The highest BCUT2D eigenvalue weighted by Gasteiger charge is 2.44. The highest BCUT2D eigenvalue weighted by molar-refractivity contribution is 5.62. The fourth-order valence-electron chi connectivity index (χ4n) is 9.64. The standard InChI is InChI=1S/C21H26.C15H16.C13H12.C12H10.C6H6.10C2H6/c1-17-14-20(2,3)16-21(15-17,18-10-6-4-7-11-18)19-12-8-5-9-13-19;1-15(2,13-9-5-3-6-10-13)14-11-7-4-8-12-14;1-3-7-12(8-4-1)11-13-9-5-2-6-10-13;1-3-7-11(8-4-1)12-9-5-2-6-10-12;1-2-4-6-5-3-1;10*1-2/h4-13,17H,14-16H2,1-3H3;3-12H,1-2H3;1-10H,11H2;1-10H;1-6H;10*1-2H3. The maximum absolute atomic E-state index is 2.43. The third-order valence-corrected chi connectivity index (χ3v) is 12.7. The Hall–Kier alpha value is -7.02. The molecule has 0 aromatic heterocycles. The van der Waals surface area contributed by atoms with Crippen molar-refractivity contribution in [3.63, 3.8) is 0 Å². The van der Waals surface area contributed by atoms with Gasteiger partial charge in [-0.3, -0.25) is 0 Å². The predicted octanol–water partition coefficient (Wildman–Crippen LogP) is 28.4. The molecular formula is C87H130. The minimum absolute atomic E-state index is 0.0858. The van der Waals surface area contributed by atoms with Gasteiger partial charge in [-0.15, -0.1) is 0 Å². The molecule has 0 bridgehead atoms. The molecule has 0 heterocycles. The third-order valence-electron chi connectivity index (χ3n) is 12.7. The lowest BCUT2D eigenvalue weighted by Gasteiger charge is -2.48. The second kappa shape index (κ2) is 62.0. The van der Waals surface area contributed by atoms with E-state index in [1.54, 1.807) is 0 Å². The monoisotopic (exact) mass is 1180 g/mol. The highest BCUT2D eigenvalue weighted by atomic mass is 14.5. The number of hydrogen-bond acceptors (Lipinski definition) is 0. The SMILES string of the molecule is CC.CC.CC.CC.CC.CC.CC.CC.CC.CC.CC(C)(c1ccccc1)c1ccccc1.CC1CC(C)(C)CC(c2ccccc2)(c2ccccc2)C1.c1ccc(-c2ccccc2)cc1.c1ccc(Cc2ccccc2)cc1.c1ccccc1. The second-order valence-corrected chi connectivity index (χ2v) is 19.1. The number of rotatable bonds is 7. The summed E-state index contributed by atoms with van der Waals surface area (Å²) >= 11 is 0. The zero-order valence-electron chi connectivity index (χ0n) is 60.5. The summed E-state index contributed by atoms with van der Waals surface area (Å²) in [5.41, 5.74) is 11.6. The molecule has 1 saturated carbocycles. The van der Waals surface area contributed by atoms with Crippen LogP contribution in [0.5, 0.6) is 0 Å². The van der Waals surface area contributed by atoms with Crippen molar-refractivity contribution in [1.82, 2.24) is 0 Å². The molecule has 1 aliphatic carbocycles. The molecule has 0 aliphatic heterocycles. The first-order chi connectivity index (χ1) is 42.6. The molecule has 0 amide bonds. The van der Waals surface area contributed by atoms with E-state index in [0.717, 1.165) is 12.3 Å². The van der Waals surface area contributed by atoms with E-state index in [4.69, 9.17) is 0 Å². The Kier molecular flexibility index (Phi) is 63.3. The Morgan fingerprint density at radius 3 is 0.736 bits per heavy atom. The van der Waals surface area contributed by atoms with Gasteiger partial charge in [0.25, 0.3) is 0 Å². The minimum Gasteiger partial charge on any atom is -0.0683 e. The molecule has 0 N–H and O–H groups in total. The first-order valence-electron chi connectivity index (χ1n) is 34.1. The van der Waals surface area contributed by atoms with E-state index < -0.39 is 0 Å². The molecule has 1 atom stereocenters. The summed E-state index contributed by atoms with van der Waals surface area (Å²) in [4.78, 5) is 0. The largest absolute Gasteiger partial charge is 0.0683 e. The Bertz CT molecular complexity index is 2440. The van der Waals surface area contributed by atoms with E-state index in [9.17, 15) is 0 Å². The molecule has 9 aromatic carbocycles. The summed E-state index contributed by atoms with van der Waals surface area (Å²) in [5, 5.41) is 0. The average molecular weight is 1180 g/mol. The summed E-state index contributed by atoms with van der Waals surface area (Å²) in [6, 6.07) is 97.4. The van der Waals surface area contributed by atoms with Gasteiger partial charge in [0.15, 0.2) is 0 Å². The van der Waals surface area contributed by atoms with Crippen LogP contribution >= 0.6 is 0 Å². The van der Waals surface area contributed by atoms with Crippen molar-refractivity contribution in [1.29, 1.82) is 0 Å². The van der Waals surface area contributed by atoms with Gasteiger partial charge in [-0.25, -0.2) is 0 Å². The van der Waals surface area contributed by atoms with Gasteiger partial charge in [0.2, 0.25) is 0 Å². The van der Waals surface area contributed by atoms with Crippen molar-refractivity contribution in [2.24, 2.45) is 11.3 Å². The van der Waals surface area contributed by atoms with Crippen molar-refractivity contribution >= 4 is 0 Å². The summed E-state index contributed by atoms with van der Waals surface area (Å²) in [6.45, 7) is 51.8. The predicted molar refractivity (Wildman–Crippen MR) is 403 cm³/mol. The Labute approximate surface area is 541 Å². The second-order valence-electron chi connectivity index (χ2n) is 19.1. The van der Waals surface area contributed by atoms with Crippen LogP contribution in [0.3, 0.4) is 0 Å². The van der Waals surface area contributed by atoms with Gasteiger partial charge in [-0.2, -0.15) is 0 Å². The van der Waals surface area contributed by atoms with E-state index in [1.807, 2.05) is 187 Å². The summed E-state index contributed by atoms with van der Waals surface area (Å²) in [5.74, 6) is 0.758. The lowest BCUT2D eigenvalue weighted by atomic mass is 9.55. The van der Waals surface area contributed by atoms with Gasteiger partial charge in [-0.05, 0) is 81.5 Å². The van der Waals surface area contributed by atoms with Crippen LogP contribution < -0.4 is 0 Å². The van der Waals surface area contributed by atoms with Gasteiger partial charge in [0, 0.05) is 10.8 Å². The van der Waals surface area contributed by atoms with Gasteiger partial charge in [0.1, 0.15) is 0 Å². The lowest BCUT2D eigenvalue weighted by molar-refractivity contribution is 0.127. The Balaban J connectivity index is -0.000000307. The summed E-state index contributed by atoms with van der Waals surface area (Å²) < 4.78 is 0. The van der Waals surface area contributed by atoms with Gasteiger partial charge in [-0.1, -0.05) is 452 Å². The van der Waals surface area contributed by atoms with Crippen LogP contribution in [0.4, 0.5) is 0 Å². The van der Waals surface area contributed by atoms with Crippen LogP contribution in [0.25, 0.3) is 11.1 Å². The van der Waals surface area contributed by atoms with Crippen molar-refractivity contribution in [2.45, 2.75) is 210 Å². The van der Waals surface area contributed by atoms with Gasteiger partial charge >= 0.3 is 0 Å². The van der Waals surface area contributed by atoms with Crippen LogP contribution in [-0.4, -0.2) is 0 Å². The van der Waals surface area contributed by atoms with E-state index >= 15 is 0 Å². The molecule has 478 valence electrons. The van der Waals surface area contributed by atoms with Crippen LogP contribution in [0.15, 0.2) is 279 Å². The molecule has 9 aromatic rings. The van der Waals surface area contributed by atoms with E-state index in [-0.39, 0.29) is 10.8 Å². The molecule has 0 radical (unpaired) electrons. The van der Waals surface area contributed by atoms with Crippen LogP contribution in [0.1, 0.15) is 226 Å². The maximum Gasteiger partial charge on any atom is 0.0210 e. The van der Waals surface area contributed by atoms with Crippen molar-refractivity contribution in [3.05, 3.63) is 312 Å². The van der Waals surface area contributed by atoms with Crippen molar-refractivity contribution in [2.75, 3.05) is 0 Å². The van der Waals surface area contributed by atoms with Gasteiger partial charge in [0.05, 0.1) is 0 Å². The average Bonchev–Trinajstić information content (AvgIpc) is 1.14. The van der Waals surface area contributed by atoms with E-state index in [0.29, 0.717) is 5.41 Å². The quantitative estimate of drug-likeness (QED) is 0.149. The lowest BCUT2D eigenvalue weighted by Crippen LogP contribution is -2.41. The normalized spacial score (nSPS) is 11.7. The van der Waals surface area contributed by atoms with Crippen LogP contribution in [0, 0.1) is 11.3 Å². The van der Waals surface area contributed by atoms with Crippen LogP contribution in [-0.2, 0) is 17.3 Å². The first-order valence-corrected chi connectivity index (χ1v) is 34.1. The molecule has 10 rings (SSSR count). The topological polar surface area (TPSA) is 0 Å². The smallest absolute Gasteiger partial charge is 0.0210 e. The zero-order chi connectivity index (χ0) is 67.1. The number of hydrogen-bond donors (Lipinski definition) is 0. The maximum atomic E-state index is 2.43.